The molecular formula is C20H29N3O3. The molecule has 1 amide bonds. The van der Waals surface area contributed by atoms with E-state index in [0.29, 0.717) is 6.42 Å². The molecule has 0 unspecified atom stereocenters. The lowest BCUT2D eigenvalue weighted by molar-refractivity contribution is -0.150. The number of hydrogen-bond acceptors (Lipinski definition) is 3. The zero-order valence-electron chi connectivity index (χ0n) is 16.7. The average molecular weight is 360 g/mol. The molecule has 142 valence electrons. The molecule has 2 rings (SSSR count). The molecule has 2 aromatic rings. The fraction of sp³-hybridized carbons (Fsp3) is 0.500. The van der Waals surface area contributed by atoms with Crippen LogP contribution in [0.2, 0.25) is 0 Å². The molecule has 26 heavy (non-hydrogen) atoms. The molecule has 0 aliphatic carbocycles. The van der Waals surface area contributed by atoms with Gasteiger partial charge < -0.3 is 20.3 Å². The van der Waals surface area contributed by atoms with Crippen LogP contribution in [0.1, 0.15) is 34.1 Å². The third-order valence-corrected chi connectivity index (χ3v) is 4.61. The van der Waals surface area contributed by atoms with Crippen LogP contribution in [0, 0.1) is 5.92 Å². The molecule has 0 fully saturated rings. The summed E-state index contributed by atoms with van der Waals surface area (Å²) in [6.45, 7) is 6.00. The van der Waals surface area contributed by atoms with E-state index in [1.165, 1.54) is 4.90 Å². The molecular weight excluding hydrogens is 330 g/mol. The maximum Gasteiger partial charge on any atom is 0.326 e. The number of nitrogens with zero attached hydrogens (tertiary/aromatic N) is 2. The van der Waals surface area contributed by atoms with E-state index >= 15 is 0 Å². The second-order valence-electron chi connectivity index (χ2n) is 7.06. The summed E-state index contributed by atoms with van der Waals surface area (Å²) in [5.74, 6) is -1.13. The van der Waals surface area contributed by atoms with Crippen molar-refractivity contribution >= 4 is 22.8 Å². The number of aryl methyl sites for hydroxylation is 1. The lowest BCUT2D eigenvalue weighted by Gasteiger charge is -2.30. The molecule has 2 atom stereocenters. The zero-order chi connectivity index (χ0) is 20.1. The quantitative estimate of drug-likeness (QED) is 0.756. The number of carboxylic acids is 1. The number of aliphatic carboxylic acids is 1. The first-order valence-electron chi connectivity index (χ1n) is 9.65. The van der Waals surface area contributed by atoms with Gasteiger partial charge in [-0.25, -0.2) is 4.79 Å². The van der Waals surface area contributed by atoms with Crippen molar-refractivity contribution in [2.75, 3.05) is 6.54 Å². The van der Waals surface area contributed by atoms with Crippen molar-refractivity contribution in [2.24, 2.45) is 18.7 Å². The monoisotopic (exact) mass is 360 g/mol. The van der Waals surface area contributed by atoms with Crippen molar-refractivity contribution < 1.29 is 16.1 Å². The SMILES string of the molecule is [2H]Cn1cc(C[C@@H](C(=O)O)N(CC)C(=O)[C@@H](N)CC(C)C)c2ccccc21. The van der Waals surface area contributed by atoms with Gasteiger partial charge in [0, 0.05) is 38.5 Å². The van der Waals surface area contributed by atoms with Crippen molar-refractivity contribution in [2.45, 2.75) is 45.7 Å². The van der Waals surface area contributed by atoms with E-state index in [9.17, 15) is 14.7 Å². The van der Waals surface area contributed by atoms with E-state index in [2.05, 4.69) is 0 Å². The van der Waals surface area contributed by atoms with Gasteiger partial charge in [-0.2, -0.15) is 0 Å². The first-order chi connectivity index (χ1) is 12.8. The number of rotatable bonds is 8. The van der Waals surface area contributed by atoms with E-state index in [1.807, 2.05) is 38.1 Å². The number of nitrogens with two attached hydrogens (primary N) is 1. The van der Waals surface area contributed by atoms with Gasteiger partial charge in [0.25, 0.3) is 0 Å². The summed E-state index contributed by atoms with van der Waals surface area (Å²) in [5, 5.41) is 10.7. The number of para-hydroxylation sites is 1. The third kappa shape index (κ3) is 4.25. The topological polar surface area (TPSA) is 88.6 Å². The lowest BCUT2D eigenvalue weighted by atomic mass is 10.00. The van der Waals surface area contributed by atoms with Crippen LogP contribution >= 0.6 is 0 Å². The van der Waals surface area contributed by atoms with Gasteiger partial charge in [0.15, 0.2) is 0 Å². The average Bonchev–Trinajstić information content (AvgIpc) is 2.98. The zero-order valence-corrected chi connectivity index (χ0v) is 15.7. The third-order valence-electron chi connectivity index (χ3n) is 4.61. The molecule has 0 aliphatic heterocycles. The number of fused-ring (bicyclic) bond motifs is 1. The highest BCUT2D eigenvalue weighted by atomic mass is 16.4. The van der Waals surface area contributed by atoms with E-state index in [4.69, 9.17) is 7.10 Å². The minimum atomic E-state index is -1.05. The molecule has 1 aromatic carbocycles. The van der Waals surface area contributed by atoms with E-state index < -0.39 is 18.1 Å². The van der Waals surface area contributed by atoms with Crippen molar-refractivity contribution in [1.29, 1.82) is 0 Å². The molecule has 0 aliphatic rings. The van der Waals surface area contributed by atoms with Crippen LogP contribution in [0.15, 0.2) is 30.5 Å². The smallest absolute Gasteiger partial charge is 0.326 e. The molecule has 0 spiro atoms. The van der Waals surface area contributed by atoms with Crippen LogP contribution in [0.3, 0.4) is 0 Å². The summed E-state index contributed by atoms with van der Waals surface area (Å²) in [4.78, 5) is 26.1. The molecule has 6 nitrogen and oxygen atoms in total. The molecule has 0 radical (unpaired) electrons. The van der Waals surface area contributed by atoms with Crippen molar-refractivity contribution in [1.82, 2.24) is 9.47 Å². The predicted octanol–water partition coefficient (Wildman–Crippen LogP) is 2.40. The van der Waals surface area contributed by atoms with Crippen LogP contribution in [-0.4, -0.2) is 45.1 Å². The van der Waals surface area contributed by atoms with Crippen LogP contribution in [0.4, 0.5) is 0 Å². The highest BCUT2D eigenvalue weighted by molar-refractivity contribution is 5.88. The number of aromatic nitrogens is 1. The Balaban J connectivity index is 2.34. The maximum absolute atomic E-state index is 12.8. The Bertz CT molecular complexity index is 803. The van der Waals surface area contributed by atoms with Gasteiger partial charge in [0.1, 0.15) is 6.04 Å². The molecule has 6 heteroatoms. The number of hydrogen-bond donors (Lipinski definition) is 2. The second-order valence-corrected chi connectivity index (χ2v) is 7.06. The number of carbonyl (C=O) groups excluding carboxylic acids is 1. The van der Waals surface area contributed by atoms with Crippen LogP contribution in [0.5, 0.6) is 0 Å². The van der Waals surface area contributed by atoms with Crippen LogP contribution < -0.4 is 5.73 Å². The summed E-state index contributed by atoms with van der Waals surface area (Å²) in [5.41, 5.74) is 7.73. The molecule has 0 saturated heterocycles. The first kappa shape index (κ1) is 18.5. The predicted molar refractivity (Wildman–Crippen MR) is 103 cm³/mol. The van der Waals surface area contributed by atoms with Gasteiger partial charge in [0.05, 0.1) is 6.04 Å². The molecule has 0 bridgehead atoms. The van der Waals surface area contributed by atoms with Crippen molar-refractivity contribution in [3.63, 3.8) is 0 Å². The largest absolute Gasteiger partial charge is 0.480 e. The molecule has 1 aromatic heterocycles. The molecule has 3 N–H and O–H groups in total. The Kier molecular flexibility index (Phi) is 5.93. The van der Waals surface area contributed by atoms with Gasteiger partial charge in [-0.15, -0.1) is 0 Å². The summed E-state index contributed by atoms with van der Waals surface area (Å²) in [6, 6.07) is 5.90. The number of benzene rings is 1. The maximum atomic E-state index is 12.8. The summed E-state index contributed by atoms with van der Waals surface area (Å²) < 4.78 is 9.45. The molecule has 0 saturated carbocycles. The highest BCUT2D eigenvalue weighted by Crippen LogP contribution is 2.23. The van der Waals surface area contributed by atoms with E-state index in [0.717, 1.165) is 16.5 Å². The van der Waals surface area contributed by atoms with Gasteiger partial charge >= 0.3 is 5.97 Å². The Morgan fingerprint density at radius 1 is 1.35 bits per heavy atom. The first-order valence-corrected chi connectivity index (χ1v) is 8.94. The highest BCUT2D eigenvalue weighted by Gasteiger charge is 2.32. The summed E-state index contributed by atoms with van der Waals surface area (Å²) in [7, 11) is 0.0495. The lowest BCUT2D eigenvalue weighted by Crippen LogP contribution is -2.52. The van der Waals surface area contributed by atoms with Crippen molar-refractivity contribution in [3.8, 4) is 0 Å². The number of carbonyl (C=O) groups is 2. The van der Waals surface area contributed by atoms with Gasteiger partial charge in [-0.1, -0.05) is 32.0 Å². The second kappa shape index (κ2) is 8.36. The fourth-order valence-corrected chi connectivity index (χ4v) is 3.38. The Morgan fingerprint density at radius 2 is 2.04 bits per heavy atom. The minimum Gasteiger partial charge on any atom is -0.480 e. The summed E-state index contributed by atoms with van der Waals surface area (Å²) >= 11 is 0. The van der Waals surface area contributed by atoms with Gasteiger partial charge in [0.2, 0.25) is 5.91 Å². The standard InChI is InChI=1S/C20H29N3O3/c1-5-23(19(24)16(21)10-13(2)3)18(20(25)26)11-14-12-22(4)17-9-7-6-8-15(14)17/h6-9,12-13,16,18H,5,10-11,21H2,1-4H3,(H,25,26)/t16-,18-/m0/s1/i4D. The van der Waals surface area contributed by atoms with Gasteiger partial charge in [-0.05, 0) is 30.9 Å². The minimum absolute atomic E-state index is 0.0495. The fourth-order valence-electron chi connectivity index (χ4n) is 3.38. The van der Waals surface area contributed by atoms with Crippen LogP contribution in [-0.2, 0) is 23.0 Å². The number of amides is 1. The van der Waals surface area contributed by atoms with E-state index in [1.54, 1.807) is 17.7 Å². The number of carboxylic acid groups (broad SMARTS) is 1. The van der Waals surface area contributed by atoms with Crippen LogP contribution in [0.25, 0.3) is 10.9 Å². The van der Waals surface area contributed by atoms with E-state index in [-0.39, 0.29) is 31.8 Å². The molecule has 1 heterocycles. The summed E-state index contributed by atoms with van der Waals surface area (Å²) in [6.07, 6.45) is 2.50. The Labute approximate surface area is 156 Å². The number of likely N-dealkylation sites (N-methyl/N-ethyl adjacent to an activating group) is 1. The normalized spacial score (nSPS) is 14.3. The van der Waals surface area contributed by atoms with Gasteiger partial charge in [-0.3, -0.25) is 4.79 Å². The van der Waals surface area contributed by atoms with Crippen molar-refractivity contribution in [3.05, 3.63) is 36.0 Å². The Hall–Kier alpha value is -2.34. The Morgan fingerprint density at radius 3 is 2.62 bits per heavy atom.